The first-order chi connectivity index (χ1) is 14.9. The third kappa shape index (κ3) is 4.27. The number of anilines is 2. The molecule has 8 heteroatoms. The number of amides is 1. The van der Waals surface area contributed by atoms with Gasteiger partial charge in [0, 0.05) is 36.9 Å². The fourth-order valence-corrected chi connectivity index (χ4v) is 5.96. The molecule has 4 rings (SSSR count). The zero-order valence-corrected chi connectivity index (χ0v) is 19.6. The summed E-state index contributed by atoms with van der Waals surface area (Å²) in [6.07, 6.45) is 4.76. The van der Waals surface area contributed by atoms with Crippen LogP contribution in [0.1, 0.15) is 23.8 Å². The molecule has 0 saturated carbocycles. The number of rotatable bonds is 7. The number of carbonyl (C=O) groups excluding carboxylic acids is 1. The number of nitrogens with zero attached hydrogens (tertiary/aromatic N) is 3. The lowest BCUT2D eigenvalue weighted by molar-refractivity contribution is -0.115. The number of aromatic nitrogens is 2. The van der Waals surface area contributed by atoms with E-state index >= 15 is 0 Å². The Kier molecular flexibility index (Phi) is 6.20. The standard InChI is InChI=1S/C23H26N4O2S2/c1-5-13-27-22(29)19-17-7-6-8-18(17)31-21(19)25-23(27)30-14(2)20(28)24-15-9-11-16(12-10-15)26(3)4/h5,9-12,14H,1,6-8,13H2,2-4H3,(H,24,28)/t14-/m0/s1. The SMILES string of the molecule is C=CCn1c(S[C@@H](C)C(=O)Nc2ccc(N(C)C)cc2)nc2sc3c(c2c1=O)CCC3. The van der Waals surface area contributed by atoms with E-state index in [1.54, 1.807) is 22.0 Å². The van der Waals surface area contributed by atoms with E-state index in [-0.39, 0.29) is 11.5 Å². The number of aryl methyl sites for hydroxylation is 2. The Morgan fingerprint density at radius 1 is 1.35 bits per heavy atom. The van der Waals surface area contributed by atoms with Gasteiger partial charge in [-0.25, -0.2) is 4.98 Å². The van der Waals surface area contributed by atoms with Crippen LogP contribution in [0.15, 0.2) is 46.9 Å². The molecule has 1 atom stereocenters. The van der Waals surface area contributed by atoms with Crippen LogP contribution in [0.3, 0.4) is 0 Å². The number of nitrogens with one attached hydrogen (secondary N) is 1. The van der Waals surface area contributed by atoms with Crippen molar-refractivity contribution in [2.24, 2.45) is 0 Å². The molecule has 1 aromatic carbocycles. The summed E-state index contributed by atoms with van der Waals surface area (Å²) in [7, 11) is 3.95. The minimum atomic E-state index is -0.416. The normalized spacial score (nSPS) is 13.8. The molecule has 0 unspecified atom stereocenters. The predicted molar refractivity (Wildman–Crippen MR) is 131 cm³/mol. The third-order valence-electron chi connectivity index (χ3n) is 5.40. The Balaban J connectivity index is 1.58. The van der Waals surface area contributed by atoms with Gasteiger partial charge in [-0.3, -0.25) is 14.2 Å². The van der Waals surface area contributed by atoms with E-state index in [2.05, 4.69) is 11.9 Å². The van der Waals surface area contributed by atoms with Crippen molar-refractivity contribution in [3.63, 3.8) is 0 Å². The van der Waals surface area contributed by atoms with Crippen molar-refractivity contribution >= 4 is 50.6 Å². The van der Waals surface area contributed by atoms with E-state index in [1.807, 2.05) is 50.2 Å². The summed E-state index contributed by atoms with van der Waals surface area (Å²) in [6, 6.07) is 7.69. The van der Waals surface area contributed by atoms with Gasteiger partial charge in [-0.1, -0.05) is 17.8 Å². The maximum atomic E-state index is 13.3. The molecule has 0 saturated heterocycles. The average molecular weight is 455 g/mol. The zero-order valence-electron chi connectivity index (χ0n) is 18.0. The Bertz CT molecular complexity index is 1190. The quantitative estimate of drug-likeness (QED) is 0.327. The fraction of sp³-hybridized carbons (Fsp3) is 0.348. The molecular weight excluding hydrogens is 428 g/mol. The van der Waals surface area contributed by atoms with E-state index < -0.39 is 5.25 Å². The molecule has 1 aliphatic rings. The highest BCUT2D eigenvalue weighted by Crippen LogP contribution is 2.36. The van der Waals surface area contributed by atoms with Crippen LogP contribution in [0.25, 0.3) is 10.2 Å². The summed E-state index contributed by atoms with van der Waals surface area (Å²) < 4.78 is 1.64. The Morgan fingerprint density at radius 3 is 2.77 bits per heavy atom. The van der Waals surface area contributed by atoms with Gasteiger partial charge < -0.3 is 10.2 Å². The molecule has 31 heavy (non-hydrogen) atoms. The highest BCUT2D eigenvalue weighted by Gasteiger charge is 2.25. The van der Waals surface area contributed by atoms with Crippen molar-refractivity contribution in [3.05, 3.63) is 57.7 Å². The molecule has 0 aliphatic heterocycles. The van der Waals surface area contributed by atoms with E-state index in [9.17, 15) is 9.59 Å². The van der Waals surface area contributed by atoms with Gasteiger partial charge in [-0.15, -0.1) is 17.9 Å². The van der Waals surface area contributed by atoms with Gasteiger partial charge in [0.05, 0.1) is 10.6 Å². The van der Waals surface area contributed by atoms with E-state index in [0.717, 1.165) is 40.9 Å². The molecule has 2 heterocycles. The molecule has 0 radical (unpaired) electrons. The Labute approximate surface area is 190 Å². The Morgan fingerprint density at radius 2 is 2.10 bits per heavy atom. The Hall–Kier alpha value is -2.58. The van der Waals surface area contributed by atoms with Gasteiger partial charge in [0.1, 0.15) is 4.83 Å². The maximum absolute atomic E-state index is 13.3. The van der Waals surface area contributed by atoms with E-state index in [0.29, 0.717) is 11.7 Å². The van der Waals surface area contributed by atoms with Crippen molar-refractivity contribution in [1.82, 2.24) is 9.55 Å². The van der Waals surface area contributed by atoms with Crippen LogP contribution in [-0.4, -0.2) is 34.8 Å². The molecule has 0 spiro atoms. The molecule has 162 valence electrons. The summed E-state index contributed by atoms with van der Waals surface area (Å²) in [5.74, 6) is -0.129. The lowest BCUT2D eigenvalue weighted by atomic mass is 10.2. The van der Waals surface area contributed by atoms with Crippen molar-refractivity contribution in [2.45, 2.75) is 43.1 Å². The summed E-state index contributed by atoms with van der Waals surface area (Å²) in [5.41, 5.74) is 2.94. The minimum Gasteiger partial charge on any atom is -0.378 e. The number of fused-ring (bicyclic) bond motifs is 3. The summed E-state index contributed by atoms with van der Waals surface area (Å²) in [4.78, 5) is 34.9. The van der Waals surface area contributed by atoms with Crippen molar-refractivity contribution in [1.29, 1.82) is 0 Å². The fourth-order valence-electron chi connectivity index (χ4n) is 3.74. The number of thioether (sulfide) groups is 1. The molecule has 2 aromatic heterocycles. The number of thiophene rings is 1. The topological polar surface area (TPSA) is 67.2 Å². The molecular formula is C23H26N4O2S2. The maximum Gasteiger partial charge on any atom is 0.263 e. The largest absolute Gasteiger partial charge is 0.378 e. The van der Waals surface area contributed by atoms with Crippen LogP contribution in [-0.2, 0) is 24.2 Å². The van der Waals surface area contributed by atoms with Crippen LogP contribution in [0.4, 0.5) is 11.4 Å². The molecule has 6 nitrogen and oxygen atoms in total. The van der Waals surface area contributed by atoms with E-state index in [1.165, 1.54) is 22.2 Å². The van der Waals surface area contributed by atoms with Crippen molar-refractivity contribution in [3.8, 4) is 0 Å². The first kappa shape index (κ1) is 21.6. The molecule has 0 bridgehead atoms. The molecule has 1 N–H and O–H groups in total. The second kappa shape index (κ2) is 8.88. The predicted octanol–water partition coefficient (Wildman–Crippen LogP) is 4.32. The number of hydrogen-bond acceptors (Lipinski definition) is 6. The number of carbonyl (C=O) groups is 1. The van der Waals surface area contributed by atoms with Crippen LogP contribution in [0, 0.1) is 0 Å². The van der Waals surface area contributed by atoms with Crippen LogP contribution < -0.4 is 15.8 Å². The second-order valence-corrected chi connectivity index (χ2v) is 10.2. The number of hydrogen-bond donors (Lipinski definition) is 1. The first-order valence-corrected chi connectivity index (χ1v) is 12.0. The van der Waals surface area contributed by atoms with E-state index in [4.69, 9.17) is 4.98 Å². The van der Waals surface area contributed by atoms with Crippen LogP contribution in [0.5, 0.6) is 0 Å². The summed E-state index contributed by atoms with van der Waals surface area (Å²) >= 11 is 2.92. The van der Waals surface area contributed by atoms with Gasteiger partial charge in [0.2, 0.25) is 5.91 Å². The lowest BCUT2D eigenvalue weighted by Gasteiger charge is -2.16. The summed E-state index contributed by atoms with van der Waals surface area (Å²) in [6.45, 7) is 5.99. The minimum absolute atomic E-state index is 0.0290. The van der Waals surface area contributed by atoms with Crippen molar-refractivity contribution in [2.75, 3.05) is 24.3 Å². The van der Waals surface area contributed by atoms with Gasteiger partial charge in [0.15, 0.2) is 5.16 Å². The van der Waals surface area contributed by atoms with Gasteiger partial charge in [0.25, 0.3) is 5.56 Å². The van der Waals surface area contributed by atoms with Crippen LogP contribution >= 0.6 is 23.1 Å². The highest BCUT2D eigenvalue weighted by molar-refractivity contribution is 8.00. The van der Waals surface area contributed by atoms with Gasteiger partial charge in [-0.2, -0.15) is 0 Å². The molecule has 0 fully saturated rings. The molecule has 1 aliphatic carbocycles. The summed E-state index contributed by atoms with van der Waals surface area (Å²) in [5, 5.41) is 3.85. The number of allylic oxidation sites excluding steroid dienone is 1. The van der Waals surface area contributed by atoms with Crippen molar-refractivity contribution < 1.29 is 4.79 Å². The lowest BCUT2D eigenvalue weighted by Crippen LogP contribution is -2.26. The zero-order chi connectivity index (χ0) is 22.1. The van der Waals surface area contributed by atoms with Gasteiger partial charge in [-0.05, 0) is 56.0 Å². The second-order valence-electron chi connectivity index (χ2n) is 7.83. The monoisotopic (exact) mass is 454 g/mol. The highest BCUT2D eigenvalue weighted by atomic mass is 32.2. The van der Waals surface area contributed by atoms with Crippen LogP contribution in [0.2, 0.25) is 0 Å². The third-order valence-corrected chi connectivity index (χ3v) is 7.68. The van der Waals surface area contributed by atoms with Gasteiger partial charge >= 0.3 is 0 Å². The number of benzene rings is 1. The average Bonchev–Trinajstić information content (AvgIpc) is 3.32. The first-order valence-electron chi connectivity index (χ1n) is 10.3. The molecule has 3 aromatic rings. The molecule has 1 amide bonds. The smallest absolute Gasteiger partial charge is 0.263 e.